The summed E-state index contributed by atoms with van der Waals surface area (Å²) < 4.78 is 0. The number of thiophene rings is 1. The van der Waals surface area contributed by atoms with Gasteiger partial charge in [0.05, 0.1) is 6.04 Å². The topological polar surface area (TPSA) is 24.9 Å². The number of anilines is 1. The molecule has 0 aromatic carbocycles. The van der Waals surface area contributed by atoms with Crippen LogP contribution in [0.15, 0.2) is 35.8 Å². The molecule has 0 spiro atoms. The lowest BCUT2D eigenvalue weighted by molar-refractivity contribution is 0.475. The highest BCUT2D eigenvalue weighted by Crippen LogP contribution is 2.39. The molecule has 19 heavy (non-hydrogen) atoms. The van der Waals surface area contributed by atoms with E-state index in [2.05, 4.69) is 27.8 Å². The Balaban J connectivity index is 1.83. The molecule has 1 N–H and O–H groups in total. The van der Waals surface area contributed by atoms with Crippen LogP contribution >= 0.6 is 22.9 Å². The molecular weight excluding hydrogens is 276 g/mol. The normalized spacial score (nSPS) is 17.5. The minimum atomic E-state index is 0.404. The summed E-state index contributed by atoms with van der Waals surface area (Å²) in [5.41, 5.74) is 1.06. The Morgan fingerprint density at radius 3 is 2.84 bits per heavy atom. The van der Waals surface area contributed by atoms with Crippen molar-refractivity contribution in [2.45, 2.75) is 31.7 Å². The Hall–Kier alpha value is -1.06. The lowest BCUT2D eigenvalue weighted by atomic mass is 9.96. The molecule has 2 heterocycles. The van der Waals surface area contributed by atoms with Gasteiger partial charge in [0, 0.05) is 16.8 Å². The van der Waals surface area contributed by atoms with E-state index in [1.165, 1.54) is 30.6 Å². The minimum Gasteiger partial charge on any atom is -0.377 e. The largest absolute Gasteiger partial charge is 0.377 e. The zero-order valence-electron chi connectivity index (χ0n) is 10.7. The molecule has 2 aromatic heterocycles. The molecule has 2 nitrogen and oxygen atoms in total. The molecule has 1 unspecified atom stereocenters. The fourth-order valence-corrected chi connectivity index (χ4v) is 3.90. The van der Waals surface area contributed by atoms with Crippen molar-refractivity contribution in [3.63, 3.8) is 0 Å². The minimum absolute atomic E-state index is 0.404. The number of aromatic nitrogens is 1. The number of nitrogens with one attached hydrogen (secondary N) is 1. The third kappa shape index (κ3) is 3.10. The van der Waals surface area contributed by atoms with Crippen LogP contribution in [0.1, 0.15) is 36.6 Å². The SMILES string of the molecule is Clc1cc(NC(c2cccs2)C2CCCC2)ccn1. The number of pyridine rings is 1. The Morgan fingerprint density at radius 2 is 2.16 bits per heavy atom. The molecule has 100 valence electrons. The molecule has 0 amide bonds. The highest BCUT2D eigenvalue weighted by atomic mass is 35.5. The van der Waals surface area contributed by atoms with Gasteiger partial charge < -0.3 is 5.32 Å². The van der Waals surface area contributed by atoms with E-state index < -0.39 is 0 Å². The highest BCUT2D eigenvalue weighted by molar-refractivity contribution is 7.10. The van der Waals surface area contributed by atoms with E-state index in [1.807, 2.05) is 23.5 Å². The number of hydrogen-bond donors (Lipinski definition) is 1. The predicted molar refractivity (Wildman–Crippen MR) is 81.9 cm³/mol. The van der Waals surface area contributed by atoms with Crippen LogP contribution in [-0.4, -0.2) is 4.98 Å². The fourth-order valence-electron chi connectivity index (χ4n) is 2.85. The van der Waals surface area contributed by atoms with Crippen molar-refractivity contribution in [2.24, 2.45) is 5.92 Å². The third-order valence-electron chi connectivity index (χ3n) is 3.77. The van der Waals surface area contributed by atoms with E-state index in [1.54, 1.807) is 6.20 Å². The summed E-state index contributed by atoms with van der Waals surface area (Å²) in [6.45, 7) is 0. The van der Waals surface area contributed by atoms with Gasteiger partial charge in [-0.3, -0.25) is 0 Å². The smallest absolute Gasteiger partial charge is 0.131 e. The Bertz CT molecular complexity index is 521. The second kappa shape index (κ2) is 5.93. The van der Waals surface area contributed by atoms with E-state index in [4.69, 9.17) is 11.6 Å². The molecule has 1 atom stereocenters. The first-order valence-corrected chi connectivity index (χ1v) is 8.00. The number of rotatable bonds is 4. The average molecular weight is 293 g/mol. The van der Waals surface area contributed by atoms with Crippen LogP contribution in [0.4, 0.5) is 5.69 Å². The van der Waals surface area contributed by atoms with E-state index in [-0.39, 0.29) is 0 Å². The fraction of sp³-hybridized carbons (Fsp3) is 0.400. The van der Waals surface area contributed by atoms with Gasteiger partial charge in [-0.15, -0.1) is 11.3 Å². The molecule has 1 saturated carbocycles. The van der Waals surface area contributed by atoms with Gasteiger partial charge in [0.1, 0.15) is 5.15 Å². The lowest BCUT2D eigenvalue weighted by Gasteiger charge is -2.25. The zero-order chi connectivity index (χ0) is 13.1. The maximum atomic E-state index is 5.96. The zero-order valence-corrected chi connectivity index (χ0v) is 12.3. The van der Waals surface area contributed by atoms with Crippen LogP contribution in [0.3, 0.4) is 0 Å². The van der Waals surface area contributed by atoms with Gasteiger partial charge in [-0.1, -0.05) is 30.5 Å². The molecular formula is C15H17ClN2S. The molecule has 3 rings (SSSR count). The third-order valence-corrected chi connectivity index (χ3v) is 4.93. The van der Waals surface area contributed by atoms with Crippen molar-refractivity contribution >= 4 is 28.6 Å². The summed E-state index contributed by atoms with van der Waals surface area (Å²) in [5.74, 6) is 0.727. The van der Waals surface area contributed by atoms with E-state index in [0.717, 1.165) is 11.6 Å². The van der Waals surface area contributed by atoms with Crippen molar-refractivity contribution in [1.29, 1.82) is 0 Å². The molecule has 0 radical (unpaired) electrons. The summed E-state index contributed by atoms with van der Waals surface area (Å²) in [4.78, 5) is 5.45. The maximum absolute atomic E-state index is 5.96. The van der Waals surface area contributed by atoms with Crippen molar-refractivity contribution in [1.82, 2.24) is 4.98 Å². The summed E-state index contributed by atoms with van der Waals surface area (Å²) in [6.07, 6.45) is 7.09. The monoisotopic (exact) mass is 292 g/mol. The maximum Gasteiger partial charge on any atom is 0.131 e. The van der Waals surface area contributed by atoms with Gasteiger partial charge in [-0.05, 0) is 42.3 Å². The first kappa shape index (κ1) is 12.9. The van der Waals surface area contributed by atoms with Crippen LogP contribution in [0.2, 0.25) is 5.15 Å². The molecule has 1 fully saturated rings. The van der Waals surface area contributed by atoms with Crippen molar-refractivity contribution in [3.8, 4) is 0 Å². The van der Waals surface area contributed by atoms with Crippen LogP contribution < -0.4 is 5.32 Å². The van der Waals surface area contributed by atoms with E-state index >= 15 is 0 Å². The Morgan fingerprint density at radius 1 is 1.32 bits per heavy atom. The molecule has 1 aliphatic rings. The second-order valence-electron chi connectivity index (χ2n) is 5.05. The lowest BCUT2D eigenvalue weighted by Crippen LogP contribution is -2.18. The van der Waals surface area contributed by atoms with Crippen LogP contribution in [0.25, 0.3) is 0 Å². The standard InChI is InChI=1S/C15H17ClN2S/c16-14-10-12(7-8-17-14)18-15(11-4-1-2-5-11)13-6-3-9-19-13/h3,6-11,15H,1-2,4-5H2,(H,17,18). The molecule has 4 heteroatoms. The second-order valence-corrected chi connectivity index (χ2v) is 6.42. The summed E-state index contributed by atoms with van der Waals surface area (Å²) in [6, 6.07) is 8.64. The molecule has 1 aliphatic carbocycles. The van der Waals surface area contributed by atoms with Gasteiger partial charge in [-0.2, -0.15) is 0 Å². The van der Waals surface area contributed by atoms with Crippen molar-refractivity contribution < 1.29 is 0 Å². The van der Waals surface area contributed by atoms with Gasteiger partial charge in [0.25, 0.3) is 0 Å². The summed E-state index contributed by atoms with van der Waals surface area (Å²) >= 11 is 7.79. The highest BCUT2D eigenvalue weighted by Gasteiger charge is 2.27. The molecule has 0 bridgehead atoms. The van der Waals surface area contributed by atoms with Gasteiger partial charge in [-0.25, -0.2) is 4.98 Å². The van der Waals surface area contributed by atoms with Crippen LogP contribution in [0.5, 0.6) is 0 Å². The molecule has 0 aliphatic heterocycles. The number of hydrogen-bond acceptors (Lipinski definition) is 3. The quantitative estimate of drug-likeness (QED) is 0.789. The van der Waals surface area contributed by atoms with Gasteiger partial charge >= 0.3 is 0 Å². The van der Waals surface area contributed by atoms with Crippen molar-refractivity contribution in [3.05, 3.63) is 45.9 Å². The van der Waals surface area contributed by atoms with Crippen LogP contribution in [0, 0.1) is 5.92 Å². The summed E-state index contributed by atoms with van der Waals surface area (Å²) in [7, 11) is 0. The summed E-state index contributed by atoms with van der Waals surface area (Å²) in [5, 5.41) is 6.34. The molecule has 2 aromatic rings. The van der Waals surface area contributed by atoms with Gasteiger partial charge in [0.15, 0.2) is 0 Å². The van der Waals surface area contributed by atoms with Gasteiger partial charge in [0.2, 0.25) is 0 Å². The van der Waals surface area contributed by atoms with E-state index in [0.29, 0.717) is 11.2 Å². The average Bonchev–Trinajstić information content (AvgIpc) is 3.10. The first-order chi connectivity index (χ1) is 9.33. The number of halogens is 1. The van der Waals surface area contributed by atoms with E-state index in [9.17, 15) is 0 Å². The number of nitrogens with zero attached hydrogens (tertiary/aromatic N) is 1. The van der Waals surface area contributed by atoms with Crippen molar-refractivity contribution in [2.75, 3.05) is 5.32 Å². The Labute approximate surface area is 122 Å². The first-order valence-electron chi connectivity index (χ1n) is 6.74. The Kier molecular flexibility index (Phi) is 4.04. The predicted octanol–water partition coefficient (Wildman–Crippen LogP) is 5.14. The molecule has 0 saturated heterocycles. The van der Waals surface area contributed by atoms with Crippen LogP contribution in [-0.2, 0) is 0 Å².